The first-order valence-electron chi connectivity index (χ1n) is 10.6. The Kier molecular flexibility index (Phi) is 5.50. The zero-order chi connectivity index (χ0) is 21.3. The van der Waals surface area contributed by atoms with Crippen molar-refractivity contribution in [2.75, 3.05) is 13.1 Å². The number of benzene rings is 2. The first kappa shape index (κ1) is 20.4. The molecule has 1 aromatic heterocycles. The van der Waals surface area contributed by atoms with Crippen LogP contribution in [0.4, 0.5) is 4.79 Å². The van der Waals surface area contributed by atoms with Crippen LogP contribution >= 0.6 is 0 Å². The Labute approximate surface area is 176 Å². The quantitative estimate of drug-likeness (QED) is 0.543. The summed E-state index contributed by atoms with van der Waals surface area (Å²) in [6.07, 6.45) is 4.31. The number of rotatable bonds is 4. The minimum atomic E-state index is -0.466. The molecule has 0 bridgehead atoms. The summed E-state index contributed by atoms with van der Waals surface area (Å²) in [5.41, 5.74) is 1.56. The average Bonchev–Trinajstić information content (AvgIpc) is 3.12. The molecular weight excluding hydrogens is 380 g/mol. The molecule has 1 aliphatic heterocycles. The molecule has 1 aliphatic rings. The van der Waals surface area contributed by atoms with Gasteiger partial charge >= 0.3 is 6.09 Å². The number of aldehydes is 1. The fourth-order valence-corrected chi connectivity index (χ4v) is 4.19. The largest absolute Gasteiger partial charge is 0.444 e. The Hall–Kier alpha value is -2.89. The van der Waals surface area contributed by atoms with Crippen LogP contribution in [0, 0.1) is 5.92 Å². The van der Waals surface area contributed by atoms with E-state index in [9.17, 15) is 9.59 Å². The summed E-state index contributed by atoms with van der Waals surface area (Å²) in [6, 6.07) is 9.88. The standard InChI is InChI=1S/C24H28N2O4/c1-24(2,3)29-23(28)26-12-10-16(11-13-26)8-9-21-19-14-17-6-4-5-7-18(17)20(15-27)22(19)30-25-21/h4-7,14-16H,8-13H2,1-3H3. The normalized spacial score (nSPS) is 15.6. The molecule has 6 heteroatoms. The molecule has 2 heterocycles. The number of carbonyl (C=O) groups excluding carboxylic acids is 2. The number of carbonyl (C=O) groups is 2. The van der Waals surface area contributed by atoms with Crippen LogP contribution in [0.2, 0.25) is 0 Å². The Balaban J connectivity index is 1.42. The smallest absolute Gasteiger partial charge is 0.410 e. The molecule has 0 unspecified atom stereocenters. The molecule has 0 radical (unpaired) electrons. The molecule has 6 nitrogen and oxygen atoms in total. The molecule has 1 amide bonds. The lowest BCUT2D eigenvalue weighted by Gasteiger charge is -2.33. The van der Waals surface area contributed by atoms with Crippen molar-refractivity contribution < 1.29 is 18.8 Å². The third-order valence-electron chi connectivity index (χ3n) is 5.77. The van der Waals surface area contributed by atoms with Gasteiger partial charge in [-0.1, -0.05) is 29.4 Å². The lowest BCUT2D eigenvalue weighted by atomic mass is 9.91. The molecule has 1 fully saturated rings. The molecule has 2 aromatic carbocycles. The second kappa shape index (κ2) is 8.09. The zero-order valence-corrected chi connectivity index (χ0v) is 17.8. The third kappa shape index (κ3) is 4.18. The maximum Gasteiger partial charge on any atom is 0.410 e. The molecule has 3 aromatic rings. The number of nitrogens with zero attached hydrogens (tertiary/aromatic N) is 2. The highest BCUT2D eigenvalue weighted by atomic mass is 16.6. The minimum Gasteiger partial charge on any atom is -0.444 e. The Morgan fingerprint density at radius 3 is 2.67 bits per heavy atom. The molecular formula is C24H28N2O4. The van der Waals surface area contributed by atoms with Gasteiger partial charge in [0.15, 0.2) is 11.9 Å². The molecule has 0 aliphatic carbocycles. The highest BCUT2D eigenvalue weighted by Crippen LogP contribution is 2.31. The van der Waals surface area contributed by atoms with Crippen LogP contribution in [0.1, 0.15) is 56.1 Å². The van der Waals surface area contributed by atoms with Crippen molar-refractivity contribution in [3.8, 4) is 0 Å². The summed E-state index contributed by atoms with van der Waals surface area (Å²) >= 11 is 0. The predicted octanol–water partition coefficient (Wildman–Crippen LogP) is 5.37. The number of piperidine rings is 1. The SMILES string of the molecule is CC(C)(C)OC(=O)N1CCC(CCc2noc3c(C=O)c4ccccc4cc23)CC1. The topological polar surface area (TPSA) is 72.6 Å². The number of amides is 1. The third-order valence-corrected chi connectivity index (χ3v) is 5.77. The zero-order valence-electron chi connectivity index (χ0n) is 17.8. The van der Waals surface area contributed by atoms with E-state index in [0.29, 0.717) is 17.1 Å². The van der Waals surface area contributed by atoms with Gasteiger partial charge in [0, 0.05) is 18.5 Å². The van der Waals surface area contributed by atoms with Gasteiger partial charge in [-0.2, -0.15) is 0 Å². The van der Waals surface area contributed by atoms with Crippen molar-refractivity contribution in [2.45, 2.75) is 52.1 Å². The summed E-state index contributed by atoms with van der Waals surface area (Å²) in [7, 11) is 0. The monoisotopic (exact) mass is 408 g/mol. The van der Waals surface area contributed by atoms with Crippen LogP contribution in [0.5, 0.6) is 0 Å². The van der Waals surface area contributed by atoms with E-state index in [-0.39, 0.29) is 6.09 Å². The van der Waals surface area contributed by atoms with Crippen LogP contribution in [0.3, 0.4) is 0 Å². The van der Waals surface area contributed by atoms with Gasteiger partial charge in [-0.3, -0.25) is 4.79 Å². The van der Waals surface area contributed by atoms with Gasteiger partial charge in [0.05, 0.1) is 11.3 Å². The Morgan fingerprint density at radius 2 is 1.97 bits per heavy atom. The van der Waals surface area contributed by atoms with Gasteiger partial charge in [0.1, 0.15) is 5.60 Å². The predicted molar refractivity (Wildman–Crippen MR) is 116 cm³/mol. The minimum absolute atomic E-state index is 0.225. The highest BCUT2D eigenvalue weighted by molar-refractivity contribution is 6.10. The van der Waals surface area contributed by atoms with Crippen molar-refractivity contribution in [2.24, 2.45) is 5.92 Å². The van der Waals surface area contributed by atoms with Crippen molar-refractivity contribution in [1.82, 2.24) is 10.1 Å². The van der Waals surface area contributed by atoms with Gasteiger partial charge in [-0.25, -0.2) is 4.79 Å². The van der Waals surface area contributed by atoms with Crippen LogP contribution in [-0.2, 0) is 11.2 Å². The van der Waals surface area contributed by atoms with Gasteiger partial charge in [0.2, 0.25) is 0 Å². The average molecular weight is 408 g/mol. The van der Waals surface area contributed by atoms with E-state index in [1.54, 1.807) is 4.90 Å². The molecule has 1 saturated heterocycles. The maximum atomic E-state index is 12.2. The van der Waals surface area contributed by atoms with E-state index in [4.69, 9.17) is 9.26 Å². The van der Waals surface area contributed by atoms with Gasteiger partial charge in [-0.05, 0) is 69.2 Å². The molecule has 30 heavy (non-hydrogen) atoms. The van der Waals surface area contributed by atoms with E-state index < -0.39 is 5.60 Å². The fraction of sp³-hybridized carbons (Fsp3) is 0.458. The van der Waals surface area contributed by atoms with E-state index in [1.165, 1.54) is 0 Å². The summed E-state index contributed by atoms with van der Waals surface area (Å²) in [6.45, 7) is 7.11. The first-order chi connectivity index (χ1) is 14.4. The Morgan fingerprint density at radius 1 is 1.23 bits per heavy atom. The number of hydrogen-bond donors (Lipinski definition) is 0. The molecule has 0 N–H and O–H groups in total. The molecule has 4 rings (SSSR count). The van der Waals surface area contributed by atoms with Crippen molar-refractivity contribution in [3.05, 3.63) is 41.6 Å². The molecule has 0 spiro atoms. The molecule has 158 valence electrons. The molecule has 0 atom stereocenters. The lowest BCUT2D eigenvalue weighted by Crippen LogP contribution is -2.41. The lowest BCUT2D eigenvalue weighted by molar-refractivity contribution is 0.0181. The number of aromatic nitrogens is 1. The van der Waals surface area contributed by atoms with Crippen LogP contribution in [-0.4, -0.2) is 41.1 Å². The fourth-order valence-electron chi connectivity index (χ4n) is 4.19. The first-order valence-corrected chi connectivity index (χ1v) is 10.6. The summed E-state index contributed by atoms with van der Waals surface area (Å²) in [4.78, 5) is 25.7. The van der Waals surface area contributed by atoms with Crippen LogP contribution < -0.4 is 0 Å². The van der Waals surface area contributed by atoms with Crippen molar-refractivity contribution in [1.29, 1.82) is 0 Å². The number of fused-ring (bicyclic) bond motifs is 2. The van der Waals surface area contributed by atoms with Crippen LogP contribution in [0.25, 0.3) is 21.7 Å². The number of ether oxygens (including phenoxy) is 1. The number of hydrogen-bond acceptors (Lipinski definition) is 5. The summed E-state index contributed by atoms with van der Waals surface area (Å²) < 4.78 is 11.0. The highest BCUT2D eigenvalue weighted by Gasteiger charge is 2.27. The van der Waals surface area contributed by atoms with E-state index in [1.807, 2.05) is 45.0 Å². The Bertz CT molecular complexity index is 1070. The number of likely N-dealkylation sites (tertiary alicyclic amines) is 1. The van der Waals surface area contributed by atoms with E-state index >= 15 is 0 Å². The second-order valence-electron chi connectivity index (χ2n) is 9.08. The van der Waals surface area contributed by atoms with Crippen LogP contribution in [0.15, 0.2) is 34.9 Å². The van der Waals surface area contributed by atoms with Gasteiger partial charge < -0.3 is 14.2 Å². The maximum absolute atomic E-state index is 12.2. The molecule has 0 saturated carbocycles. The summed E-state index contributed by atoms with van der Waals surface area (Å²) in [5, 5.41) is 7.10. The number of aryl methyl sites for hydroxylation is 1. The summed E-state index contributed by atoms with van der Waals surface area (Å²) in [5.74, 6) is 0.529. The van der Waals surface area contributed by atoms with Crippen molar-refractivity contribution in [3.63, 3.8) is 0 Å². The van der Waals surface area contributed by atoms with Gasteiger partial charge in [-0.15, -0.1) is 0 Å². The second-order valence-corrected chi connectivity index (χ2v) is 9.08. The van der Waals surface area contributed by atoms with E-state index in [0.717, 1.165) is 66.9 Å². The van der Waals surface area contributed by atoms with Gasteiger partial charge in [0.25, 0.3) is 0 Å². The van der Waals surface area contributed by atoms with Crippen molar-refractivity contribution >= 4 is 34.1 Å². The van der Waals surface area contributed by atoms with E-state index in [2.05, 4.69) is 11.2 Å².